The monoisotopic (exact) mass is 331 g/mol. The van der Waals surface area contributed by atoms with Crippen LogP contribution < -0.4 is 4.74 Å². The Hall–Kier alpha value is -1.94. The van der Waals surface area contributed by atoms with E-state index < -0.39 is 11.6 Å². The van der Waals surface area contributed by atoms with Gasteiger partial charge >= 0.3 is 0 Å². The van der Waals surface area contributed by atoms with E-state index in [9.17, 15) is 8.78 Å². The molecule has 0 aromatic heterocycles. The number of hydrogen-bond donors (Lipinski definition) is 0. The maximum atomic E-state index is 13.6. The number of likely N-dealkylation sites (tertiary alicyclic amines) is 1. The van der Waals surface area contributed by atoms with Crippen LogP contribution in [0, 0.1) is 11.6 Å². The zero-order valence-corrected chi connectivity index (χ0v) is 14.0. The predicted octanol–water partition coefficient (Wildman–Crippen LogP) is 5.35. The number of halogens is 2. The summed E-state index contributed by atoms with van der Waals surface area (Å²) in [7, 11) is 0. The molecule has 1 unspecified atom stereocenters. The molecule has 0 saturated carbocycles. The van der Waals surface area contributed by atoms with E-state index in [1.165, 1.54) is 43.6 Å². The summed E-state index contributed by atoms with van der Waals surface area (Å²) in [5.41, 5.74) is 1.25. The van der Waals surface area contributed by atoms with Gasteiger partial charge in [0.2, 0.25) is 0 Å². The van der Waals surface area contributed by atoms with Gasteiger partial charge in [0.15, 0.2) is 11.6 Å². The molecular weight excluding hydrogens is 308 g/mol. The van der Waals surface area contributed by atoms with Crippen molar-refractivity contribution in [2.24, 2.45) is 0 Å². The van der Waals surface area contributed by atoms with Gasteiger partial charge in [-0.05, 0) is 74.6 Å². The second-order valence-electron chi connectivity index (χ2n) is 6.48. The largest absolute Gasteiger partial charge is 0.454 e. The van der Waals surface area contributed by atoms with E-state index in [1.54, 1.807) is 0 Å². The number of rotatable bonds is 6. The summed E-state index contributed by atoms with van der Waals surface area (Å²) < 4.78 is 32.0. The molecule has 1 fully saturated rings. The number of hydrogen-bond acceptors (Lipinski definition) is 2. The number of benzene rings is 2. The Kier molecular flexibility index (Phi) is 5.46. The zero-order valence-electron chi connectivity index (χ0n) is 14.0. The minimum atomic E-state index is -0.696. The molecule has 2 aromatic carbocycles. The van der Waals surface area contributed by atoms with E-state index in [1.807, 2.05) is 24.3 Å². The van der Waals surface area contributed by atoms with Crippen LogP contribution in [0.5, 0.6) is 11.5 Å². The molecule has 0 bridgehead atoms. The Morgan fingerprint density at radius 2 is 1.75 bits per heavy atom. The van der Waals surface area contributed by atoms with Crippen LogP contribution in [0.25, 0.3) is 0 Å². The van der Waals surface area contributed by atoms with Crippen LogP contribution in [0.3, 0.4) is 0 Å². The Balaban J connectivity index is 1.57. The lowest BCUT2D eigenvalue weighted by atomic mass is 9.97. The van der Waals surface area contributed by atoms with Gasteiger partial charge in [-0.15, -0.1) is 0 Å². The summed E-state index contributed by atoms with van der Waals surface area (Å²) in [5.74, 6) is -0.246. The third-order valence-electron chi connectivity index (χ3n) is 4.65. The van der Waals surface area contributed by atoms with Crippen LogP contribution in [0.1, 0.15) is 37.7 Å². The highest BCUT2D eigenvalue weighted by molar-refractivity contribution is 5.34. The van der Waals surface area contributed by atoms with Crippen molar-refractivity contribution in [2.75, 3.05) is 19.6 Å². The van der Waals surface area contributed by atoms with Gasteiger partial charge in [0.05, 0.1) is 0 Å². The van der Waals surface area contributed by atoms with Crippen LogP contribution in [0.4, 0.5) is 8.78 Å². The van der Waals surface area contributed by atoms with E-state index in [2.05, 4.69) is 11.8 Å². The van der Waals surface area contributed by atoms with Crippen molar-refractivity contribution in [3.63, 3.8) is 0 Å². The minimum absolute atomic E-state index is 0.0335. The van der Waals surface area contributed by atoms with E-state index in [-0.39, 0.29) is 5.75 Å². The predicted molar refractivity (Wildman–Crippen MR) is 91.6 cm³/mol. The smallest absolute Gasteiger partial charge is 0.168 e. The van der Waals surface area contributed by atoms with Gasteiger partial charge in [-0.1, -0.05) is 19.1 Å². The molecule has 1 aliphatic rings. The zero-order chi connectivity index (χ0) is 16.9. The van der Waals surface area contributed by atoms with Crippen molar-refractivity contribution in [3.8, 4) is 11.5 Å². The molecule has 4 heteroatoms. The summed E-state index contributed by atoms with van der Waals surface area (Å²) in [6.45, 7) is 5.82. The lowest BCUT2D eigenvalue weighted by Gasteiger charge is -2.18. The van der Waals surface area contributed by atoms with Crippen LogP contribution in [-0.2, 0) is 0 Å². The molecule has 0 radical (unpaired) electrons. The average molecular weight is 331 g/mol. The molecule has 1 atom stereocenters. The molecule has 0 N–H and O–H groups in total. The topological polar surface area (TPSA) is 12.5 Å². The van der Waals surface area contributed by atoms with Gasteiger partial charge < -0.3 is 9.64 Å². The molecule has 0 spiro atoms. The lowest BCUT2D eigenvalue weighted by Crippen LogP contribution is -2.21. The summed E-state index contributed by atoms with van der Waals surface area (Å²) in [6, 6.07) is 11.0. The number of ether oxygens (including phenoxy) is 1. The van der Waals surface area contributed by atoms with Crippen LogP contribution in [-0.4, -0.2) is 24.5 Å². The fourth-order valence-electron chi connectivity index (χ4n) is 3.10. The van der Waals surface area contributed by atoms with E-state index in [4.69, 9.17) is 4.74 Å². The Morgan fingerprint density at radius 1 is 1.04 bits per heavy atom. The molecule has 0 amide bonds. The fraction of sp³-hybridized carbons (Fsp3) is 0.400. The van der Waals surface area contributed by atoms with Crippen molar-refractivity contribution in [2.45, 2.75) is 32.1 Å². The highest BCUT2D eigenvalue weighted by atomic mass is 19.1. The molecular formula is C20H23F2NO. The maximum absolute atomic E-state index is 13.6. The van der Waals surface area contributed by atoms with Crippen molar-refractivity contribution < 1.29 is 13.5 Å². The summed E-state index contributed by atoms with van der Waals surface area (Å²) >= 11 is 0. The van der Waals surface area contributed by atoms with Gasteiger partial charge in [0.25, 0.3) is 0 Å². The van der Waals surface area contributed by atoms with Gasteiger partial charge in [-0.25, -0.2) is 8.78 Å². The highest BCUT2D eigenvalue weighted by Gasteiger charge is 2.14. The minimum Gasteiger partial charge on any atom is -0.454 e. The van der Waals surface area contributed by atoms with E-state index in [0.717, 1.165) is 19.0 Å². The quantitative estimate of drug-likeness (QED) is 0.708. The second-order valence-corrected chi connectivity index (χ2v) is 6.48. The number of nitrogens with zero attached hydrogens (tertiary/aromatic N) is 1. The van der Waals surface area contributed by atoms with Crippen molar-refractivity contribution >= 4 is 0 Å². The third-order valence-corrected chi connectivity index (χ3v) is 4.65. The molecule has 24 heavy (non-hydrogen) atoms. The molecule has 1 saturated heterocycles. The molecule has 1 aliphatic heterocycles. The molecule has 0 aliphatic carbocycles. The molecule has 2 nitrogen and oxygen atoms in total. The lowest BCUT2D eigenvalue weighted by molar-refractivity contribution is 0.324. The summed E-state index contributed by atoms with van der Waals surface area (Å²) in [4.78, 5) is 2.52. The first-order valence-electron chi connectivity index (χ1n) is 8.57. The molecule has 128 valence electrons. The third kappa shape index (κ3) is 4.32. The first kappa shape index (κ1) is 16.9. The van der Waals surface area contributed by atoms with Gasteiger partial charge in [0, 0.05) is 6.07 Å². The van der Waals surface area contributed by atoms with Crippen LogP contribution in [0.2, 0.25) is 0 Å². The maximum Gasteiger partial charge on any atom is 0.168 e. The molecule has 3 rings (SSSR count). The first-order valence-corrected chi connectivity index (χ1v) is 8.57. The van der Waals surface area contributed by atoms with Gasteiger partial charge in [0.1, 0.15) is 11.6 Å². The standard InChI is InChI=1S/C20H23F2NO/c1-15(10-13-23-11-2-3-12-23)16-4-7-18(8-5-16)24-20-9-6-17(21)14-19(20)22/h4-9,14-15H,2-3,10-13H2,1H3. The highest BCUT2D eigenvalue weighted by Crippen LogP contribution is 2.27. The van der Waals surface area contributed by atoms with Crippen LogP contribution in [0.15, 0.2) is 42.5 Å². The van der Waals surface area contributed by atoms with E-state index >= 15 is 0 Å². The fourth-order valence-corrected chi connectivity index (χ4v) is 3.10. The van der Waals surface area contributed by atoms with Crippen molar-refractivity contribution in [3.05, 3.63) is 59.7 Å². The van der Waals surface area contributed by atoms with Crippen molar-refractivity contribution in [1.29, 1.82) is 0 Å². The van der Waals surface area contributed by atoms with Crippen molar-refractivity contribution in [1.82, 2.24) is 4.90 Å². The normalized spacial score (nSPS) is 16.3. The second kappa shape index (κ2) is 7.75. The average Bonchev–Trinajstić information content (AvgIpc) is 3.09. The summed E-state index contributed by atoms with van der Waals surface area (Å²) in [5, 5.41) is 0. The Morgan fingerprint density at radius 3 is 2.42 bits per heavy atom. The Labute approximate surface area is 142 Å². The molecule has 1 heterocycles. The van der Waals surface area contributed by atoms with Gasteiger partial charge in [-0.2, -0.15) is 0 Å². The van der Waals surface area contributed by atoms with Gasteiger partial charge in [-0.3, -0.25) is 0 Å². The SMILES string of the molecule is CC(CCN1CCCC1)c1ccc(Oc2ccc(F)cc2F)cc1. The Bertz CT molecular complexity index is 666. The van der Waals surface area contributed by atoms with E-state index in [0.29, 0.717) is 11.7 Å². The summed E-state index contributed by atoms with van der Waals surface area (Å²) in [6.07, 6.45) is 3.77. The van der Waals surface area contributed by atoms with Crippen LogP contribution >= 0.6 is 0 Å². The first-order chi connectivity index (χ1) is 11.6. The molecule has 2 aromatic rings.